The SMILES string of the molecule is Cc1ccc(C(=O)NCc2cc3nc(-c4cccc(OC5CC(O)C5)n4)ccc3cn2)cc1S(C)(=O)=O. The van der Waals surface area contributed by atoms with Gasteiger partial charge in [-0.2, -0.15) is 0 Å². The zero-order valence-electron chi connectivity index (χ0n) is 20.4. The molecule has 2 N–H and O–H groups in total. The smallest absolute Gasteiger partial charge is 0.251 e. The molecule has 4 aromatic rings. The van der Waals surface area contributed by atoms with Crippen LogP contribution in [0, 0.1) is 6.92 Å². The van der Waals surface area contributed by atoms with Crippen LogP contribution in [0.4, 0.5) is 0 Å². The molecule has 1 fully saturated rings. The van der Waals surface area contributed by atoms with Crippen LogP contribution in [0.3, 0.4) is 0 Å². The quantitative estimate of drug-likeness (QED) is 0.381. The van der Waals surface area contributed by atoms with Gasteiger partial charge in [-0.3, -0.25) is 9.78 Å². The first-order chi connectivity index (χ1) is 17.7. The number of sulfone groups is 1. The molecule has 1 aliphatic rings. The highest BCUT2D eigenvalue weighted by Gasteiger charge is 2.29. The predicted octanol–water partition coefficient (Wildman–Crippen LogP) is 3.24. The van der Waals surface area contributed by atoms with Crippen molar-refractivity contribution in [2.75, 3.05) is 6.26 Å². The van der Waals surface area contributed by atoms with E-state index < -0.39 is 15.7 Å². The summed E-state index contributed by atoms with van der Waals surface area (Å²) in [6.45, 7) is 1.84. The van der Waals surface area contributed by atoms with Crippen LogP contribution in [-0.2, 0) is 16.4 Å². The standard InChI is InChI=1S/C27H26N4O5S/c1-16-6-7-17(10-25(16)37(2,34)35)27(33)29-15-19-11-24-18(14-28-19)8-9-23(30-24)22-4-3-5-26(31-22)36-21-12-20(32)13-21/h3-11,14,20-21,32H,12-13,15H2,1-2H3,(H,29,33). The minimum absolute atomic E-state index is 0.0240. The van der Waals surface area contributed by atoms with Gasteiger partial charge in [0.1, 0.15) is 6.10 Å². The van der Waals surface area contributed by atoms with Crippen LogP contribution in [0.2, 0.25) is 0 Å². The van der Waals surface area contributed by atoms with Crippen molar-refractivity contribution in [2.45, 2.75) is 43.4 Å². The van der Waals surface area contributed by atoms with Gasteiger partial charge in [-0.25, -0.2) is 18.4 Å². The number of hydrogen-bond acceptors (Lipinski definition) is 8. The Bertz CT molecular complexity index is 1600. The van der Waals surface area contributed by atoms with Crippen LogP contribution in [0.1, 0.15) is 34.5 Å². The predicted molar refractivity (Wildman–Crippen MR) is 138 cm³/mol. The molecule has 1 amide bonds. The van der Waals surface area contributed by atoms with E-state index >= 15 is 0 Å². The van der Waals surface area contributed by atoms with Gasteiger partial charge >= 0.3 is 0 Å². The molecule has 190 valence electrons. The zero-order valence-corrected chi connectivity index (χ0v) is 21.2. The van der Waals surface area contributed by atoms with Crippen molar-refractivity contribution in [1.82, 2.24) is 20.3 Å². The minimum atomic E-state index is -3.44. The summed E-state index contributed by atoms with van der Waals surface area (Å²) in [6.07, 6.45) is 3.70. The Balaban J connectivity index is 1.32. The number of benzene rings is 1. The van der Waals surface area contributed by atoms with Crippen LogP contribution >= 0.6 is 0 Å². The molecule has 3 aromatic heterocycles. The Kier molecular flexibility index (Phi) is 6.61. The van der Waals surface area contributed by atoms with Gasteiger partial charge in [0.05, 0.1) is 40.1 Å². The van der Waals surface area contributed by atoms with E-state index in [1.807, 2.05) is 24.3 Å². The maximum absolute atomic E-state index is 12.7. The first-order valence-corrected chi connectivity index (χ1v) is 13.7. The second-order valence-corrected chi connectivity index (χ2v) is 11.2. The van der Waals surface area contributed by atoms with Crippen LogP contribution in [0.15, 0.2) is 65.7 Å². The molecule has 1 aromatic carbocycles. The number of ether oxygens (including phenoxy) is 1. The molecule has 0 radical (unpaired) electrons. The number of fused-ring (bicyclic) bond motifs is 1. The number of aromatic nitrogens is 3. The summed E-state index contributed by atoms with van der Waals surface area (Å²) in [4.78, 5) is 26.5. The monoisotopic (exact) mass is 518 g/mol. The zero-order chi connectivity index (χ0) is 26.2. The average Bonchev–Trinajstić information content (AvgIpc) is 2.85. The molecule has 3 heterocycles. The highest BCUT2D eigenvalue weighted by Crippen LogP contribution is 2.27. The van der Waals surface area contributed by atoms with E-state index in [0.29, 0.717) is 46.9 Å². The fraction of sp³-hybridized carbons (Fsp3) is 0.259. The summed E-state index contributed by atoms with van der Waals surface area (Å²) >= 11 is 0. The van der Waals surface area contributed by atoms with E-state index in [0.717, 1.165) is 11.6 Å². The summed E-state index contributed by atoms with van der Waals surface area (Å²) in [7, 11) is -3.44. The highest BCUT2D eigenvalue weighted by molar-refractivity contribution is 7.90. The van der Waals surface area contributed by atoms with Gasteiger partial charge in [-0.05, 0) is 48.9 Å². The van der Waals surface area contributed by atoms with Gasteiger partial charge in [0.2, 0.25) is 5.88 Å². The molecule has 0 bridgehead atoms. The third kappa shape index (κ3) is 5.60. The molecule has 10 heteroatoms. The lowest BCUT2D eigenvalue weighted by Gasteiger charge is -2.31. The fourth-order valence-electron chi connectivity index (χ4n) is 4.14. The Morgan fingerprint density at radius 2 is 1.86 bits per heavy atom. The molecule has 37 heavy (non-hydrogen) atoms. The maximum Gasteiger partial charge on any atom is 0.251 e. The molecule has 0 aliphatic heterocycles. The molecular formula is C27H26N4O5S. The number of nitrogens with one attached hydrogen (secondary N) is 1. The number of rotatable bonds is 7. The molecule has 5 rings (SSSR count). The first-order valence-electron chi connectivity index (χ1n) is 11.8. The first kappa shape index (κ1) is 24.8. The number of carbonyl (C=O) groups excluding carboxylic acids is 1. The summed E-state index contributed by atoms with van der Waals surface area (Å²) in [5, 5.41) is 13.1. The molecule has 1 aliphatic carbocycles. The Morgan fingerprint density at radius 3 is 2.62 bits per heavy atom. The van der Waals surface area contributed by atoms with E-state index in [-0.39, 0.29) is 29.2 Å². The van der Waals surface area contributed by atoms with Crippen molar-refractivity contribution >= 4 is 26.6 Å². The van der Waals surface area contributed by atoms with Gasteiger partial charge in [0, 0.05) is 42.3 Å². The van der Waals surface area contributed by atoms with Crippen LogP contribution < -0.4 is 10.1 Å². The highest BCUT2D eigenvalue weighted by atomic mass is 32.2. The van der Waals surface area contributed by atoms with Crippen molar-refractivity contribution in [3.63, 3.8) is 0 Å². The molecule has 0 atom stereocenters. The lowest BCUT2D eigenvalue weighted by Crippen LogP contribution is -2.37. The lowest BCUT2D eigenvalue weighted by molar-refractivity contribution is -0.0127. The third-order valence-corrected chi connectivity index (χ3v) is 7.49. The normalized spacial score (nSPS) is 17.3. The van der Waals surface area contributed by atoms with Gasteiger partial charge in [0.25, 0.3) is 5.91 Å². The number of carbonyl (C=O) groups is 1. The second-order valence-electron chi connectivity index (χ2n) is 9.23. The Hall–Kier alpha value is -3.89. The van der Waals surface area contributed by atoms with E-state index in [1.54, 1.807) is 37.4 Å². The maximum atomic E-state index is 12.7. The second kappa shape index (κ2) is 9.87. The average molecular weight is 519 g/mol. The summed E-state index contributed by atoms with van der Waals surface area (Å²) < 4.78 is 29.8. The van der Waals surface area contributed by atoms with E-state index in [4.69, 9.17) is 9.72 Å². The molecule has 0 saturated heterocycles. The number of aryl methyl sites for hydroxylation is 1. The van der Waals surface area contributed by atoms with Crippen LogP contribution in [0.5, 0.6) is 5.88 Å². The van der Waals surface area contributed by atoms with Crippen molar-refractivity contribution in [3.05, 3.63) is 77.6 Å². The van der Waals surface area contributed by atoms with E-state index in [9.17, 15) is 18.3 Å². The summed E-state index contributed by atoms with van der Waals surface area (Å²) in [6, 6.07) is 15.7. The van der Waals surface area contributed by atoms with Gasteiger partial charge in [-0.15, -0.1) is 0 Å². The molecular weight excluding hydrogens is 492 g/mol. The fourth-order valence-corrected chi connectivity index (χ4v) is 5.13. The van der Waals surface area contributed by atoms with E-state index in [1.165, 1.54) is 6.07 Å². The largest absolute Gasteiger partial charge is 0.474 e. The third-order valence-electron chi connectivity index (χ3n) is 6.25. The van der Waals surface area contributed by atoms with Gasteiger partial charge in [-0.1, -0.05) is 12.1 Å². The van der Waals surface area contributed by atoms with Crippen LogP contribution in [0.25, 0.3) is 22.3 Å². The van der Waals surface area contributed by atoms with Gasteiger partial charge in [0.15, 0.2) is 9.84 Å². The number of aliphatic hydroxyl groups is 1. The van der Waals surface area contributed by atoms with Crippen molar-refractivity contribution in [3.8, 4) is 17.3 Å². The molecule has 0 spiro atoms. The number of aliphatic hydroxyl groups excluding tert-OH is 1. The number of amides is 1. The van der Waals surface area contributed by atoms with Gasteiger partial charge < -0.3 is 15.2 Å². The molecule has 0 unspecified atom stereocenters. The number of pyridine rings is 3. The lowest BCUT2D eigenvalue weighted by atomic mass is 9.92. The number of hydrogen-bond donors (Lipinski definition) is 2. The number of nitrogens with zero attached hydrogens (tertiary/aromatic N) is 3. The topological polar surface area (TPSA) is 131 Å². The Labute approximate surface area is 214 Å². The summed E-state index contributed by atoms with van der Waals surface area (Å²) in [5.74, 6) is 0.0954. The Morgan fingerprint density at radius 1 is 1.08 bits per heavy atom. The van der Waals surface area contributed by atoms with Crippen LogP contribution in [-0.4, -0.2) is 52.8 Å². The van der Waals surface area contributed by atoms with E-state index in [2.05, 4.69) is 15.3 Å². The molecule has 1 saturated carbocycles. The van der Waals surface area contributed by atoms with Crippen molar-refractivity contribution in [2.24, 2.45) is 0 Å². The van der Waals surface area contributed by atoms with Crippen molar-refractivity contribution in [1.29, 1.82) is 0 Å². The summed E-state index contributed by atoms with van der Waals surface area (Å²) in [5.41, 5.74) is 3.48. The minimum Gasteiger partial charge on any atom is -0.474 e. The van der Waals surface area contributed by atoms with Crippen molar-refractivity contribution < 1.29 is 23.1 Å². The molecule has 9 nitrogen and oxygen atoms in total.